The van der Waals surface area contributed by atoms with Crippen molar-refractivity contribution >= 4 is 29.7 Å². The van der Waals surface area contributed by atoms with Gasteiger partial charge in [0.1, 0.15) is 5.75 Å². The van der Waals surface area contributed by atoms with E-state index in [9.17, 15) is 9.59 Å². The minimum Gasteiger partial charge on any atom is -0.493 e. The van der Waals surface area contributed by atoms with Crippen molar-refractivity contribution in [1.82, 2.24) is 5.43 Å². The van der Waals surface area contributed by atoms with Crippen LogP contribution in [-0.4, -0.2) is 31.8 Å². The number of halogens is 1. The number of hydrogen-bond donors (Lipinski definition) is 1. The van der Waals surface area contributed by atoms with Crippen LogP contribution in [0.3, 0.4) is 0 Å². The third-order valence-corrected chi connectivity index (χ3v) is 4.44. The lowest BCUT2D eigenvalue weighted by atomic mass is 10.2. The minimum absolute atomic E-state index is 0.00460. The van der Waals surface area contributed by atoms with Crippen LogP contribution in [0.2, 0.25) is 5.02 Å². The molecule has 152 valence electrons. The minimum atomic E-state index is -0.405. The Balaban J connectivity index is 1.52. The molecule has 0 atom stereocenters. The molecule has 1 saturated carbocycles. The second-order valence-corrected chi connectivity index (χ2v) is 7.03. The first-order chi connectivity index (χ1) is 14.0. The van der Waals surface area contributed by atoms with Crippen molar-refractivity contribution in [3.05, 3.63) is 52.5 Å². The summed E-state index contributed by atoms with van der Waals surface area (Å²) in [6.45, 7) is 1.66. The Labute approximate surface area is 173 Å². The third kappa shape index (κ3) is 5.96. The molecule has 1 aliphatic rings. The number of hydrazone groups is 1. The second-order valence-electron chi connectivity index (χ2n) is 6.60. The van der Waals surface area contributed by atoms with Gasteiger partial charge in [-0.3, -0.25) is 9.59 Å². The van der Waals surface area contributed by atoms with Gasteiger partial charge in [-0.15, -0.1) is 0 Å². The first-order valence-electron chi connectivity index (χ1n) is 9.07. The van der Waals surface area contributed by atoms with Gasteiger partial charge >= 0.3 is 5.97 Å². The summed E-state index contributed by atoms with van der Waals surface area (Å²) in [7, 11) is 1.49. The molecule has 0 spiro atoms. The number of rotatable bonds is 8. The Morgan fingerprint density at radius 1 is 1.17 bits per heavy atom. The number of hydrogen-bond acceptors (Lipinski definition) is 6. The summed E-state index contributed by atoms with van der Waals surface area (Å²) in [6, 6.07) is 10.2. The van der Waals surface area contributed by atoms with E-state index in [1.165, 1.54) is 13.3 Å². The fraction of sp³-hybridized carbons (Fsp3) is 0.286. The predicted octanol–water partition coefficient (Wildman–Crippen LogP) is 3.50. The summed E-state index contributed by atoms with van der Waals surface area (Å²) >= 11 is 5.89. The van der Waals surface area contributed by atoms with Gasteiger partial charge < -0.3 is 14.2 Å². The van der Waals surface area contributed by atoms with Crippen LogP contribution in [0.1, 0.15) is 24.0 Å². The molecule has 1 amide bonds. The van der Waals surface area contributed by atoms with Crippen LogP contribution in [0.25, 0.3) is 0 Å². The average molecular weight is 417 g/mol. The molecule has 3 rings (SSSR count). The highest BCUT2D eigenvalue weighted by Gasteiger charge is 2.32. The molecule has 8 heteroatoms. The van der Waals surface area contributed by atoms with E-state index < -0.39 is 5.91 Å². The summed E-state index contributed by atoms with van der Waals surface area (Å²) in [5.74, 6) is 0.697. The molecule has 1 aliphatic carbocycles. The van der Waals surface area contributed by atoms with Crippen molar-refractivity contribution in [2.45, 2.75) is 19.8 Å². The molecule has 0 bridgehead atoms. The van der Waals surface area contributed by atoms with Gasteiger partial charge in [-0.25, -0.2) is 5.43 Å². The zero-order valence-corrected chi connectivity index (χ0v) is 16.9. The largest absolute Gasteiger partial charge is 0.493 e. The molecule has 0 aromatic heterocycles. The molecule has 2 aromatic rings. The van der Waals surface area contributed by atoms with E-state index in [4.69, 9.17) is 25.8 Å². The van der Waals surface area contributed by atoms with Crippen LogP contribution in [0.4, 0.5) is 0 Å². The number of methoxy groups -OCH3 is 1. The first kappa shape index (κ1) is 20.7. The second kappa shape index (κ2) is 9.43. The number of amides is 1. The monoisotopic (exact) mass is 416 g/mol. The number of benzene rings is 2. The standard InChI is InChI=1S/C21H21ClN2O5/c1-13-9-16(22)6-8-17(13)28-12-20(25)24-23-11-14-3-7-18(19(10-14)27-2)29-21(26)15-4-5-15/h3,6-11,15H,4-5,12H2,1-2H3,(H,24,25)/b23-11-. The number of nitrogens with one attached hydrogen (secondary N) is 1. The maximum Gasteiger partial charge on any atom is 0.314 e. The van der Waals surface area contributed by atoms with Gasteiger partial charge in [0.2, 0.25) is 0 Å². The molecule has 1 N–H and O–H groups in total. The van der Waals surface area contributed by atoms with E-state index in [-0.39, 0.29) is 18.5 Å². The highest BCUT2D eigenvalue weighted by atomic mass is 35.5. The number of carbonyl (C=O) groups is 2. The van der Waals surface area contributed by atoms with Gasteiger partial charge in [0.25, 0.3) is 5.91 Å². The topological polar surface area (TPSA) is 86.2 Å². The van der Waals surface area contributed by atoms with E-state index in [1.54, 1.807) is 36.4 Å². The van der Waals surface area contributed by atoms with E-state index >= 15 is 0 Å². The molecular weight excluding hydrogens is 396 g/mol. The smallest absolute Gasteiger partial charge is 0.314 e. The summed E-state index contributed by atoms with van der Waals surface area (Å²) in [5, 5.41) is 4.51. The molecule has 0 aliphatic heterocycles. The third-order valence-electron chi connectivity index (χ3n) is 4.21. The van der Waals surface area contributed by atoms with Crippen molar-refractivity contribution in [3.63, 3.8) is 0 Å². The van der Waals surface area contributed by atoms with E-state index in [0.29, 0.717) is 27.8 Å². The molecule has 1 fully saturated rings. The van der Waals surface area contributed by atoms with Gasteiger partial charge in [0.15, 0.2) is 18.1 Å². The van der Waals surface area contributed by atoms with Crippen LogP contribution < -0.4 is 19.6 Å². The lowest BCUT2D eigenvalue weighted by Gasteiger charge is -2.09. The van der Waals surface area contributed by atoms with Gasteiger partial charge in [0.05, 0.1) is 19.2 Å². The van der Waals surface area contributed by atoms with E-state index in [0.717, 1.165) is 18.4 Å². The predicted molar refractivity (Wildman–Crippen MR) is 109 cm³/mol. The fourth-order valence-corrected chi connectivity index (χ4v) is 2.72. The Bertz CT molecular complexity index is 941. The lowest BCUT2D eigenvalue weighted by molar-refractivity contribution is -0.135. The Hall–Kier alpha value is -3.06. The summed E-state index contributed by atoms with van der Waals surface area (Å²) in [6.07, 6.45) is 3.19. The molecule has 7 nitrogen and oxygen atoms in total. The lowest BCUT2D eigenvalue weighted by Crippen LogP contribution is -2.24. The van der Waals surface area contributed by atoms with Crippen LogP contribution in [0.15, 0.2) is 41.5 Å². The maximum atomic E-state index is 11.9. The van der Waals surface area contributed by atoms with Crippen molar-refractivity contribution in [2.24, 2.45) is 11.0 Å². The summed E-state index contributed by atoms with van der Waals surface area (Å²) in [4.78, 5) is 23.7. The molecule has 0 unspecified atom stereocenters. The fourth-order valence-electron chi connectivity index (χ4n) is 2.49. The molecule has 29 heavy (non-hydrogen) atoms. The van der Waals surface area contributed by atoms with Crippen LogP contribution in [0.5, 0.6) is 17.2 Å². The molecule has 0 saturated heterocycles. The van der Waals surface area contributed by atoms with Crippen molar-refractivity contribution in [2.75, 3.05) is 13.7 Å². The van der Waals surface area contributed by atoms with Crippen molar-refractivity contribution in [3.8, 4) is 17.2 Å². The van der Waals surface area contributed by atoms with Crippen molar-refractivity contribution in [1.29, 1.82) is 0 Å². The SMILES string of the molecule is COc1cc(/C=N\NC(=O)COc2ccc(Cl)cc2C)ccc1OC(=O)C1CC1. The Morgan fingerprint density at radius 2 is 1.93 bits per heavy atom. The van der Waals surface area contributed by atoms with Crippen LogP contribution in [-0.2, 0) is 9.59 Å². The first-order valence-corrected chi connectivity index (χ1v) is 9.44. The zero-order valence-electron chi connectivity index (χ0n) is 16.1. The highest BCUT2D eigenvalue weighted by Crippen LogP contribution is 2.34. The van der Waals surface area contributed by atoms with Crippen molar-refractivity contribution < 1.29 is 23.8 Å². The highest BCUT2D eigenvalue weighted by molar-refractivity contribution is 6.30. The maximum absolute atomic E-state index is 11.9. The average Bonchev–Trinajstić information content (AvgIpc) is 3.53. The molecule has 0 radical (unpaired) electrons. The Kier molecular flexibility index (Phi) is 6.72. The van der Waals surface area contributed by atoms with Gasteiger partial charge in [-0.1, -0.05) is 11.6 Å². The number of esters is 1. The van der Waals surface area contributed by atoms with Crippen LogP contribution >= 0.6 is 11.6 Å². The van der Waals surface area contributed by atoms with Gasteiger partial charge in [-0.05, 0) is 67.3 Å². The quantitative estimate of drug-likeness (QED) is 0.308. The summed E-state index contributed by atoms with van der Waals surface area (Å²) in [5.41, 5.74) is 3.90. The Morgan fingerprint density at radius 3 is 2.62 bits per heavy atom. The van der Waals surface area contributed by atoms with E-state index in [2.05, 4.69) is 10.5 Å². The van der Waals surface area contributed by atoms with E-state index in [1.807, 2.05) is 6.92 Å². The van der Waals surface area contributed by atoms with Gasteiger partial charge in [0, 0.05) is 5.02 Å². The molecular formula is C21H21ClN2O5. The van der Waals surface area contributed by atoms with Crippen LogP contribution in [0, 0.1) is 12.8 Å². The number of carbonyl (C=O) groups excluding carboxylic acids is 2. The number of aryl methyl sites for hydroxylation is 1. The number of nitrogens with zero attached hydrogens (tertiary/aromatic N) is 1. The normalized spacial score (nSPS) is 13.2. The molecule has 2 aromatic carbocycles. The molecule has 0 heterocycles. The summed E-state index contributed by atoms with van der Waals surface area (Å²) < 4.78 is 16.1. The number of ether oxygens (including phenoxy) is 3. The van der Waals surface area contributed by atoms with Gasteiger partial charge in [-0.2, -0.15) is 5.10 Å². The zero-order chi connectivity index (χ0) is 20.8.